The molecular weight excluding hydrogens is 231 g/mol. The van der Waals surface area contributed by atoms with Crippen molar-refractivity contribution in [1.29, 1.82) is 0 Å². The highest BCUT2D eigenvalue weighted by Gasteiger charge is 2.26. The van der Waals surface area contributed by atoms with Crippen LogP contribution < -0.4 is 10.6 Å². The molecule has 2 nitrogen and oxygen atoms in total. The molecule has 2 aromatic carbocycles. The zero-order chi connectivity index (χ0) is 12.5. The molecule has 0 spiro atoms. The maximum atomic E-state index is 12.6. The second-order valence-electron chi connectivity index (χ2n) is 4.15. The van der Waals surface area contributed by atoms with Crippen molar-refractivity contribution < 1.29 is 9.46 Å². The molecule has 0 saturated carbocycles. The molecule has 0 bridgehead atoms. The van der Waals surface area contributed by atoms with Gasteiger partial charge in [-0.2, -0.15) is 0 Å². The van der Waals surface area contributed by atoms with E-state index in [1.807, 2.05) is 38.1 Å². The van der Waals surface area contributed by atoms with Crippen molar-refractivity contribution in [3.05, 3.63) is 59.7 Å². The molecule has 0 aliphatic carbocycles. The van der Waals surface area contributed by atoms with Crippen molar-refractivity contribution in [3.8, 4) is 0 Å². The molecule has 17 heavy (non-hydrogen) atoms. The van der Waals surface area contributed by atoms with Crippen LogP contribution in [-0.2, 0) is 4.57 Å². The first-order valence-electron chi connectivity index (χ1n) is 5.48. The summed E-state index contributed by atoms with van der Waals surface area (Å²) in [6.45, 7) is 3.72. The van der Waals surface area contributed by atoms with E-state index in [1.54, 1.807) is 24.3 Å². The minimum absolute atomic E-state index is 0.522. The summed E-state index contributed by atoms with van der Waals surface area (Å²) in [6, 6.07) is 14.5. The van der Waals surface area contributed by atoms with Crippen molar-refractivity contribution in [2.24, 2.45) is 0 Å². The number of rotatable bonds is 2. The van der Waals surface area contributed by atoms with Gasteiger partial charge in [0, 0.05) is 10.6 Å². The van der Waals surface area contributed by atoms with Gasteiger partial charge in [-0.25, -0.2) is 0 Å². The van der Waals surface area contributed by atoms with E-state index in [1.165, 1.54) is 0 Å². The van der Waals surface area contributed by atoms with Crippen molar-refractivity contribution in [3.63, 3.8) is 0 Å². The van der Waals surface area contributed by atoms with E-state index in [4.69, 9.17) is 0 Å². The summed E-state index contributed by atoms with van der Waals surface area (Å²) in [7, 11) is -3.47. The van der Waals surface area contributed by atoms with E-state index < -0.39 is 7.37 Å². The maximum Gasteiger partial charge on any atom is 0.259 e. The molecule has 0 radical (unpaired) electrons. The highest BCUT2D eigenvalue weighted by atomic mass is 31.2. The van der Waals surface area contributed by atoms with E-state index >= 15 is 0 Å². The molecule has 0 aliphatic heterocycles. The lowest BCUT2D eigenvalue weighted by molar-refractivity contribution is 0.500. The van der Waals surface area contributed by atoms with Gasteiger partial charge in [0.1, 0.15) is 0 Å². The van der Waals surface area contributed by atoms with Gasteiger partial charge >= 0.3 is 0 Å². The van der Waals surface area contributed by atoms with Crippen molar-refractivity contribution >= 4 is 18.0 Å². The fraction of sp³-hybridized carbons (Fsp3) is 0.143. The quantitative estimate of drug-likeness (QED) is 0.827. The average molecular weight is 246 g/mol. The van der Waals surface area contributed by atoms with Gasteiger partial charge in [-0.05, 0) is 37.1 Å². The second kappa shape index (κ2) is 4.48. The standard InChI is InChI=1S/C14H15O2P/c1-11-7-3-5-9-13(11)17(15,16)14-10-6-4-8-12(14)2/h3-10H,1-2H3,(H,15,16). The monoisotopic (exact) mass is 246 g/mol. The van der Waals surface area contributed by atoms with Gasteiger partial charge < -0.3 is 4.89 Å². The second-order valence-corrected chi connectivity index (χ2v) is 6.26. The predicted molar refractivity (Wildman–Crippen MR) is 71.5 cm³/mol. The number of aryl methyl sites for hydroxylation is 2. The zero-order valence-corrected chi connectivity index (χ0v) is 10.8. The Bertz CT molecular complexity index is 541. The summed E-state index contributed by atoms with van der Waals surface area (Å²) in [6.07, 6.45) is 0. The van der Waals surface area contributed by atoms with Crippen LogP contribution in [0.5, 0.6) is 0 Å². The molecule has 88 valence electrons. The van der Waals surface area contributed by atoms with Crippen LogP contribution in [0.25, 0.3) is 0 Å². The summed E-state index contributed by atoms with van der Waals surface area (Å²) < 4.78 is 12.6. The third-order valence-corrected chi connectivity index (χ3v) is 5.19. The molecule has 2 aromatic rings. The van der Waals surface area contributed by atoms with Crippen LogP contribution in [0, 0.1) is 13.8 Å². The lowest BCUT2D eigenvalue weighted by atomic mass is 10.2. The lowest BCUT2D eigenvalue weighted by Gasteiger charge is -2.16. The van der Waals surface area contributed by atoms with Crippen molar-refractivity contribution in [2.45, 2.75) is 13.8 Å². The largest absolute Gasteiger partial charge is 0.338 e. The Labute approximate surface area is 101 Å². The Morgan fingerprint density at radius 3 is 1.53 bits per heavy atom. The smallest absolute Gasteiger partial charge is 0.259 e. The van der Waals surface area contributed by atoms with Crippen LogP contribution in [-0.4, -0.2) is 4.89 Å². The van der Waals surface area contributed by atoms with Crippen molar-refractivity contribution in [2.75, 3.05) is 0 Å². The molecule has 0 aromatic heterocycles. The zero-order valence-electron chi connectivity index (χ0n) is 9.92. The topological polar surface area (TPSA) is 37.3 Å². The predicted octanol–water partition coefficient (Wildman–Crippen LogP) is 2.52. The maximum absolute atomic E-state index is 12.6. The first-order chi connectivity index (χ1) is 8.03. The molecule has 0 heterocycles. The average Bonchev–Trinajstić information content (AvgIpc) is 2.29. The minimum Gasteiger partial charge on any atom is -0.338 e. The van der Waals surface area contributed by atoms with Crippen LogP contribution in [0.4, 0.5) is 0 Å². The molecule has 1 N–H and O–H groups in total. The molecule has 0 atom stereocenters. The Morgan fingerprint density at radius 1 is 0.824 bits per heavy atom. The summed E-state index contributed by atoms with van der Waals surface area (Å²) in [5, 5.41) is 1.05. The van der Waals surface area contributed by atoms with Gasteiger partial charge in [-0.15, -0.1) is 0 Å². The highest BCUT2D eigenvalue weighted by molar-refractivity contribution is 7.73. The first-order valence-corrected chi connectivity index (χ1v) is 7.14. The Hall–Kier alpha value is -1.37. The van der Waals surface area contributed by atoms with E-state index in [0.717, 1.165) is 11.1 Å². The summed E-state index contributed by atoms with van der Waals surface area (Å²) in [5.41, 5.74) is 1.70. The SMILES string of the molecule is Cc1ccccc1P(=O)(O)c1ccccc1C. The van der Waals surface area contributed by atoms with E-state index in [2.05, 4.69) is 0 Å². The van der Waals surface area contributed by atoms with Crippen LogP contribution in [0.2, 0.25) is 0 Å². The van der Waals surface area contributed by atoms with Gasteiger partial charge in [0.05, 0.1) is 0 Å². The molecule has 0 fully saturated rings. The van der Waals surface area contributed by atoms with E-state index in [0.29, 0.717) is 10.6 Å². The van der Waals surface area contributed by atoms with Gasteiger partial charge in [0.25, 0.3) is 7.37 Å². The van der Waals surface area contributed by atoms with E-state index in [9.17, 15) is 9.46 Å². The fourth-order valence-corrected chi connectivity index (χ4v) is 3.88. The van der Waals surface area contributed by atoms with Gasteiger partial charge in [-0.1, -0.05) is 36.4 Å². The van der Waals surface area contributed by atoms with Crippen molar-refractivity contribution in [1.82, 2.24) is 0 Å². The molecular formula is C14H15O2P. The van der Waals surface area contributed by atoms with Gasteiger partial charge in [0.2, 0.25) is 0 Å². The summed E-state index contributed by atoms with van der Waals surface area (Å²) in [4.78, 5) is 10.4. The Balaban J connectivity index is 2.63. The molecule has 2 rings (SSSR count). The molecule has 3 heteroatoms. The first kappa shape index (κ1) is 12.1. The van der Waals surface area contributed by atoms with Crippen LogP contribution in [0.1, 0.15) is 11.1 Å². The summed E-state index contributed by atoms with van der Waals surface area (Å²) in [5.74, 6) is 0. The van der Waals surface area contributed by atoms with E-state index in [-0.39, 0.29) is 0 Å². The normalized spacial score (nSPS) is 11.5. The highest BCUT2D eigenvalue weighted by Crippen LogP contribution is 2.40. The van der Waals surface area contributed by atoms with Gasteiger partial charge in [0.15, 0.2) is 0 Å². The number of hydrogen-bond acceptors (Lipinski definition) is 1. The number of benzene rings is 2. The number of hydrogen-bond donors (Lipinski definition) is 1. The molecule has 0 aliphatic rings. The molecule has 0 amide bonds. The van der Waals surface area contributed by atoms with Gasteiger partial charge in [-0.3, -0.25) is 4.57 Å². The Morgan fingerprint density at radius 2 is 1.18 bits per heavy atom. The van der Waals surface area contributed by atoms with Crippen LogP contribution in [0.3, 0.4) is 0 Å². The summed E-state index contributed by atoms with van der Waals surface area (Å²) >= 11 is 0. The third-order valence-electron chi connectivity index (χ3n) is 2.88. The Kier molecular flexibility index (Phi) is 3.19. The molecule has 0 unspecified atom stereocenters. The van der Waals surface area contributed by atoms with Crippen LogP contribution in [0.15, 0.2) is 48.5 Å². The molecule has 0 saturated heterocycles. The lowest BCUT2D eigenvalue weighted by Crippen LogP contribution is -2.19. The minimum atomic E-state index is -3.47. The fourth-order valence-electron chi connectivity index (χ4n) is 1.94. The van der Waals surface area contributed by atoms with Crippen LogP contribution >= 0.6 is 7.37 Å². The third kappa shape index (κ3) is 2.19.